The van der Waals surface area contributed by atoms with Gasteiger partial charge in [-0.15, -0.1) is 0 Å². The first-order valence-corrected chi connectivity index (χ1v) is 21.6. The molecule has 1 saturated heterocycles. The maximum Gasteiger partial charge on any atom is 0.249 e. The van der Waals surface area contributed by atoms with Crippen LogP contribution in [0.25, 0.3) is 0 Å². The standard InChI is InChI=1S/C45H64N6O11/c1-6-12-34(40(54)42(59-4)46-26-37(53)49-38(43(56)50(2)3)29-14-8-7-9-15-29)47-41(55)35-25-33-27-51(35)44(57)39(30-17-19-31(20-18-30)45(58)60-5)48-36(52)24-28-13-10-16-32(23-28)61-21-11-22-62-33/h7-10,13-16,23,30-31,33-35,38-39,42,45-46,58H,6,11-12,17-22,24-27H2,1-5H3,(H,47,55)(H,48,52)(H,49,53)/t30?,31?,33-,34?,35?,38?,39+,42?,45?/m1/s1. The van der Waals surface area contributed by atoms with Crippen molar-refractivity contribution in [2.24, 2.45) is 11.8 Å². The van der Waals surface area contributed by atoms with Gasteiger partial charge in [-0.2, -0.15) is 0 Å². The Morgan fingerprint density at radius 1 is 0.968 bits per heavy atom. The lowest BCUT2D eigenvalue weighted by Crippen LogP contribution is -2.58. The number of nitrogens with one attached hydrogen (secondary N) is 4. The Morgan fingerprint density at radius 2 is 1.71 bits per heavy atom. The number of likely N-dealkylation sites (N-methyl/N-ethyl adjacent to an activating group) is 1. The lowest BCUT2D eigenvalue weighted by Gasteiger charge is -2.37. The molecule has 3 aliphatic rings. The highest BCUT2D eigenvalue weighted by Crippen LogP contribution is 2.35. The lowest BCUT2D eigenvalue weighted by atomic mass is 9.77. The van der Waals surface area contributed by atoms with Crippen LogP contribution in [-0.2, 0) is 49.4 Å². The van der Waals surface area contributed by atoms with Gasteiger partial charge in [-0.1, -0.05) is 55.8 Å². The number of ether oxygens (including phenoxy) is 4. The second-order valence-corrected chi connectivity index (χ2v) is 16.5. The minimum atomic E-state index is -1.30. The highest BCUT2D eigenvalue weighted by Gasteiger charge is 2.46. The van der Waals surface area contributed by atoms with Gasteiger partial charge in [-0.25, -0.2) is 0 Å². The van der Waals surface area contributed by atoms with Crippen LogP contribution >= 0.6 is 0 Å². The Morgan fingerprint density at radius 3 is 2.39 bits per heavy atom. The van der Waals surface area contributed by atoms with E-state index in [1.807, 2.05) is 25.1 Å². The van der Waals surface area contributed by atoms with Crippen molar-refractivity contribution >= 4 is 35.3 Å². The van der Waals surface area contributed by atoms with Crippen LogP contribution in [0.3, 0.4) is 0 Å². The van der Waals surface area contributed by atoms with Crippen molar-refractivity contribution < 1.29 is 52.8 Å². The van der Waals surface area contributed by atoms with Crippen LogP contribution in [0.5, 0.6) is 5.75 Å². The van der Waals surface area contributed by atoms with Gasteiger partial charge in [0, 0.05) is 53.6 Å². The summed E-state index contributed by atoms with van der Waals surface area (Å²) in [4.78, 5) is 85.9. The first kappa shape index (κ1) is 48.1. The molecule has 2 aliphatic heterocycles. The predicted molar refractivity (Wildman–Crippen MR) is 227 cm³/mol. The van der Waals surface area contributed by atoms with Gasteiger partial charge in [-0.05, 0) is 61.3 Å². The zero-order chi connectivity index (χ0) is 44.8. The summed E-state index contributed by atoms with van der Waals surface area (Å²) < 4.78 is 22.8. The minimum absolute atomic E-state index is 0.00729. The van der Waals surface area contributed by atoms with E-state index in [1.54, 1.807) is 50.5 Å². The van der Waals surface area contributed by atoms with E-state index in [9.17, 15) is 33.9 Å². The number of rotatable bonds is 16. The van der Waals surface area contributed by atoms with Crippen LogP contribution in [-0.4, -0.2) is 142 Å². The van der Waals surface area contributed by atoms with Crippen LogP contribution in [0.2, 0.25) is 0 Å². The van der Waals surface area contributed by atoms with Crippen molar-refractivity contribution in [1.82, 2.24) is 31.1 Å². The van der Waals surface area contributed by atoms with E-state index in [0.29, 0.717) is 68.6 Å². The Labute approximate surface area is 363 Å². The molecular weight excluding hydrogens is 801 g/mol. The Hall–Kier alpha value is -4.94. The van der Waals surface area contributed by atoms with Crippen molar-refractivity contribution in [1.29, 1.82) is 0 Å². The zero-order valence-corrected chi connectivity index (χ0v) is 36.5. The number of methoxy groups -OCH3 is 2. The van der Waals surface area contributed by atoms with Crippen LogP contribution in [0, 0.1) is 11.8 Å². The fourth-order valence-electron chi connectivity index (χ4n) is 8.49. The highest BCUT2D eigenvalue weighted by molar-refractivity contribution is 5.97. The van der Waals surface area contributed by atoms with Crippen molar-refractivity contribution in [2.75, 3.05) is 54.6 Å². The van der Waals surface area contributed by atoms with Crippen LogP contribution in [0.4, 0.5) is 0 Å². The summed E-state index contributed by atoms with van der Waals surface area (Å²) in [5, 5.41) is 21.8. The summed E-state index contributed by atoms with van der Waals surface area (Å²) in [6.07, 6.45) is 0.920. The number of hydrogen-bond donors (Lipinski definition) is 5. The third kappa shape index (κ3) is 13.0. The fraction of sp³-hybridized carbons (Fsp3) is 0.600. The van der Waals surface area contributed by atoms with E-state index in [2.05, 4.69) is 21.3 Å². The van der Waals surface area contributed by atoms with Gasteiger partial charge in [0.25, 0.3) is 0 Å². The molecule has 0 spiro atoms. The average Bonchev–Trinajstić information content (AvgIpc) is 3.71. The maximum atomic E-state index is 14.8. The van der Waals surface area contributed by atoms with Crippen LogP contribution in [0.15, 0.2) is 54.6 Å². The van der Waals surface area contributed by atoms with E-state index >= 15 is 0 Å². The minimum Gasteiger partial charge on any atom is -0.493 e. The molecular formula is C45H64N6O11. The van der Waals surface area contributed by atoms with E-state index in [4.69, 9.17) is 18.9 Å². The highest BCUT2D eigenvalue weighted by atomic mass is 16.6. The molecule has 7 atom stereocenters. The van der Waals surface area contributed by atoms with Gasteiger partial charge in [0.15, 0.2) is 18.3 Å². The van der Waals surface area contributed by atoms with Gasteiger partial charge >= 0.3 is 0 Å². The average molecular weight is 865 g/mol. The quantitative estimate of drug-likeness (QED) is 0.152. The smallest absolute Gasteiger partial charge is 0.249 e. The molecule has 2 aromatic carbocycles. The monoisotopic (exact) mass is 864 g/mol. The van der Waals surface area contributed by atoms with E-state index in [-0.39, 0.29) is 56.0 Å². The summed E-state index contributed by atoms with van der Waals surface area (Å²) in [5.74, 6) is -2.56. The second-order valence-electron chi connectivity index (χ2n) is 16.5. The molecule has 2 fully saturated rings. The van der Waals surface area contributed by atoms with E-state index in [0.717, 1.165) is 0 Å². The summed E-state index contributed by atoms with van der Waals surface area (Å²) in [6.45, 7) is 2.25. The number of amides is 5. The molecule has 5 N–H and O–H groups in total. The zero-order valence-electron chi connectivity index (χ0n) is 36.5. The first-order chi connectivity index (χ1) is 29.8. The summed E-state index contributed by atoms with van der Waals surface area (Å²) >= 11 is 0. The number of aliphatic hydroxyl groups excluding tert-OH is 1. The van der Waals surface area contributed by atoms with Gasteiger partial charge in [-0.3, -0.25) is 34.1 Å². The Bertz CT molecular complexity index is 1820. The number of fused-ring (bicyclic) bond motifs is 4. The lowest BCUT2D eigenvalue weighted by molar-refractivity contribution is -0.145. The molecule has 5 amide bonds. The van der Waals surface area contributed by atoms with Gasteiger partial charge in [0.1, 0.15) is 23.9 Å². The van der Waals surface area contributed by atoms with Crippen molar-refractivity contribution in [3.05, 3.63) is 65.7 Å². The number of hydrogen-bond acceptors (Lipinski definition) is 12. The molecule has 0 radical (unpaired) electrons. The van der Waals surface area contributed by atoms with E-state index in [1.165, 1.54) is 24.0 Å². The molecule has 1 saturated carbocycles. The molecule has 17 heteroatoms. The van der Waals surface area contributed by atoms with Crippen molar-refractivity contribution in [3.8, 4) is 5.75 Å². The summed E-state index contributed by atoms with van der Waals surface area (Å²) in [6, 6.07) is 12.0. The number of Topliss-reactive ketones (excluding diaryl/α,β-unsaturated/α-hetero) is 1. The number of carbonyl (C=O) groups excluding carboxylic acids is 6. The summed E-state index contributed by atoms with van der Waals surface area (Å²) in [7, 11) is 5.93. The number of nitrogens with zero attached hydrogens (tertiary/aromatic N) is 2. The number of aliphatic hydroxyl groups is 1. The van der Waals surface area contributed by atoms with Crippen molar-refractivity contribution in [3.63, 3.8) is 0 Å². The van der Waals surface area contributed by atoms with Crippen molar-refractivity contribution in [2.45, 2.75) is 108 Å². The predicted octanol–water partition coefficient (Wildman–Crippen LogP) is 1.62. The molecule has 62 heavy (non-hydrogen) atoms. The molecule has 2 heterocycles. The molecule has 4 bridgehead atoms. The van der Waals surface area contributed by atoms with Crippen LogP contribution < -0.4 is 26.0 Å². The molecule has 5 rings (SSSR count). The third-order valence-electron chi connectivity index (χ3n) is 11.8. The van der Waals surface area contributed by atoms with Gasteiger partial charge in [0.05, 0.1) is 38.3 Å². The fourth-order valence-corrected chi connectivity index (χ4v) is 8.49. The van der Waals surface area contributed by atoms with Gasteiger partial charge in [0.2, 0.25) is 29.5 Å². The molecule has 5 unspecified atom stereocenters. The topological polar surface area (TPSA) is 214 Å². The summed E-state index contributed by atoms with van der Waals surface area (Å²) in [5.41, 5.74) is 1.31. The SMILES string of the molecule is CCCC(NC(=O)C1C[C@@H]2CN1C(=O)[C@H](C1CCC(C(O)OC)CC1)NC(=O)Cc1cccc(c1)OCCCO2)C(=O)C(NCC(=O)NC(C(=O)N(C)C)c1ccccc1)OC. The number of benzene rings is 2. The molecule has 1 aliphatic carbocycles. The molecule has 2 aromatic rings. The van der Waals surface area contributed by atoms with Gasteiger partial charge < -0.3 is 49.8 Å². The molecule has 340 valence electrons. The molecule has 0 aromatic heterocycles. The Kier molecular flexibility index (Phi) is 18.2. The number of carbonyl (C=O) groups is 6. The normalized spacial score (nSPS) is 24.1. The Balaban J connectivity index is 1.32. The first-order valence-electron chi connectivity index (χ1n) is 21.6. The second kappa shape index (κ2) is 23.5. The van der Waals surface area contributed by atoms with Crippen LogP contribution in [0.1, 0.15) is 75.5 Å². The largest absolute Gasteiger partial charge is 0.493 e. The third-order valence-corrected chi connectivity index (χ3v) is 11.8. The van der Waals surface area contributed by atoms with E-state index < -0.39 is 66.3 Å². The maximum absolute atomic E-state index is 14.8. The number of ketones is 1. The molecule has 17 nitrogen and oxygen atoms in total.